The van der Waals surface area contributed by atoms with Gasteiger partial charge in [0.05, 0.1) is 23.9 Å². The lowest BCUT2D eigenvalue weighted by Gasteiger charge is -2.22. The Balaban J connectivity index is 1.89. The molecule has 9 nitrogen and oxygen atoms in total. The number of carbonyl (C=O) groups is 1. The highest BCUT2D eigenvalue weighted by Gasteiger charge is 2.31. The minimum atomic E-state index is -4.82. The molecule has 1 N–H and O–H groups in total. The maximum atomic E-state index is 12.7. The Kier molecular flexibility index (Phi) is 9.31. The molecule has 1 aromatic heterocycles. The fourth-order valence-electron chi connectivity index (χ4n) is 3.31. The topological polar surface area (TPSA) is 122 Å². The van der Waals surface area contributed by atoms with E-state index >= 15 is 0 Å². The number of thiazole rings is 1. The Morgan fingerprint density at radius 2 is 1.82 bits per heavy atom. The molecular formula is C24H23F3N4O5S2. The van der Waals surface area contributed by atoms with Gasteiger partial charge in [0.1, 0.15) is 11.4 Å². The van der Waals surface area contributed by atoms with Gasteiger partial charge in [-0.3, -0.25) is 4.79 Å². The fraction of sp³-hybridized carbons (Fsp3) is 0.292. The van der Waals surface area contributed by atoms with Crippen LogP contribution in [0.25, 0.3) is 0 Å². The van der Waals surface area contributed by atoms with E-state index in [1.165, 1.54) is 31.4 Å². The van der Waals surface area contributed by atoms with Crippen molar-refractivity contribution in [3.63, 3.8) is 0 Å². The van der Waals surface area contributed by atoms with Crippen molar-refractivity contribution in [2.24, 2.45) is 0 Å². The van der Waals surface area contributed by atoms with Gasteiger partial charge in [0.2, 0.25) is 10.0 Å². The van der Waals surface area contributed by atoms with E-state index in [4.69, 9.17) is 10.00 Å². The van der Waals surface area contributed by atoms with Crippen LogP contribution in [-0.2, 0) is 21.3 Å². The van der Waals surface area contributed by atoms with Crippen molar-refractivity contribution in [1.29, 1.82) is 5.26 Å². The van der Waals surface area contributed by atoms with Crippen LogP contribution in [0.2, 0.25) is 0 Å². The van der Waals surface area contributed by atoms with E-state index in [2.05, 4.69) is 9.72 Å². The van der Waals surface area contributed by atoms with Crippen LogP contribution < -0.4 is 14.4 Å². The summed E-state index contributed by atoms with van der Waals surface area (Å²) in [5.74, 6) is -1.55. The van der Waals surface area contributed by atoms with Crippen molar-refractivity contribution in [3.05, 3.63) is 70.2 Å². The second kappa shape index (κ2) is 12.2. The molecule has 0 aliphatic rings. The van der Waals surface area contributed by atoms with Crippen molar-refractivity contribution in [2.75, 3.05) is 24.4 Å². The molecule has 1 heterocycles. The maximum Gasteiger partial charge on any atom is 0.573 e. The molecule has 0 radical (unpaired) electrons. The molecule has 0 aliphatic heterocycles. The highest BCUT2D eigenvalue weighted by atomic mass is 32.2. The molecule has 0 spiro atoms. The number of aryl methyl sites for hydroxylation is 1. The summed E-state index contributed by atoms with van der Waals surface area (Å²) in [6.07, 6.45) is -4.61. The zero-order valence-electron chi connectivity index (χ0n) is 20.3. The summed E-state index contributed by atoms with van der Waals surface area (Å²) in [5.41, 5.74) is 1.53. The first-order chi connectivity index (χ1) is 17.9. The van der Waals surface area contributed by atoms with Gasteiger partial charge in [-0.15, -0.1) is 24.5 Å². The number of nitrogens with zero attached hydrogens (tertiary/aromatic N) is 3. The molecule has 0 saturated heterocycles. The molecular weight excluding hydrogens is 545 g/mol. The molecule has 3 aromatic rings. The van der Waals surface area contributed by atoms with E-state index < -0.39 is 22.3 Å². The quantitative estimate of drug-likeness (QED) is 0.332. The van der Waals surface area contributed by atoms with Crippen molar-refractivity contribution < 1.29 is 35.9 Å². The van der Waals surface area contributed by atoms with Gasteiger partial charge in [-0.05, 0) is 55.3 Å². The first-order valence-corrected chi connectivity index (χ1v) is 13.5. The van der Waals surface area contributed by atoms with Crippen LogP contribution in [0.1, 0.15) is 32.9 Å². The number of anilines is 2. The standard InChI is InChI=1S/C24H23F3N4O5S2/c1-16-21(22(32)30-38(33,34)13-3-12-35-2)29-23(37-16)31(19-8-4-17(14-28)5-9-19)15-18-6-10-20(11-7-18)36-24(25,26)27/h4-11H,3,12-13,15H2,1-2H3,(H,30,32). The van der Waals surface area contributed by atoms with Crippen LogP contribution in [0.15, 0.2) is 48.5 Å². The van der Waals surface area contributed by atoms with Gasteiger partial charge in [-0.1, -0.05) is 12.1 Å². The van der Waals surface area contributed by atoms with E-state index in [-0.39, 0.29) is 36.8 Å². The summed E-state index contributed by atoms with van der Waals surface area (Å²) in [4.78, 5) is 19.3. The number of alkyl halides is 3. The Morgan fingerprint density at radius 1 is 1.16 bits per heavy atom. The number of ether oxygens (including phenoxy) is 2. The third-order valence-electron chi connectivity index (χ3n) is 5.05. The van der Waals surface area contributed by atoms with Gasteiger partial charge in [-0.25, -0.2) is 18.1 Å². The summed E-state index contributed by atoms with van der Waals surface area (Å²) in [6, 6.07) is 13.8. The van der Waals surface area contributed by atoms with Gasteiger partial charge in [-0.2, -0.15) is 5.26 Å². The number of hydrogen-bond acceptors (Lipinski definition) is 9. The second-order valence-corrected chi connectivity index (χ2v) is 11.0. The van der Waals surface area contributed by atoms with Crippen molar-refractivity contribution in [1.82, 2.24) is 9.71 Å². The SMILES string of the molecule is COCCCS(=O)(=O)NC(=O)c1nc(N(Cc2ccc(OC(F)(F)F)cc2)c2ccc(C#N)cc2)sc1C. The molecule has 0 bridgehead atoms. The number of sulfonamides is 1. The van der Waals surface area contributed by atoms with Crippen molar-refractivity contribution >= 4 is 38.1 Å². The fourth-order valence-corrected chi connectivity index (χ4v) is 5.21. The number of amides is 1. The highest BCUT2D eigenvalue weighted by molar-refractivity contribution is 7.90. The van der Waals surface area contributed by atoms with Crippen LogP contribution in [0.3, 0.4) is 0 Å². The van der Waals surface area contributed by atoms with Crippen LogP contribution in [0.5, 0.6) is 5.75 Å². The van der Waals surface area contributed by atoms with Gasteiger partial charge in [0.15, 0.2) is 5.13 Å². The third-order valence-corrected chi connectivity index (χ3v) is 7.36. The van der Waals surface area contributed by atoms with E-state index in [1.807, 2.05) is 10.8 Å². The molecule has 0 unspecified atom stereocenters. The average molecular weight is 569 g/mol. The minimum absolute atomic E-state index is 0.0760. The monoisotopic (exact) mass is 568 g/mol. The summed E-state index contributed by atoms with van der Waals surface area (Å²) < 4.78 is 72.8. The Morgan fingerprint density at radius 3 is 2.39 bits per heavy atom. The lowest BCUT2D eigenvalue weighted by Crippen LogP contribution is -2.33. The summed E-state index contributed by atoms with van der Waals surface area (Å²) >= 11 is 1.13. The number of benzene rings is 2. The molecule has 3 rings (SSSR count). The minimum Gasteiger partial charge on any atom is -0.406 e. The van der Waals surface area contributed by atoms with Gasteiger partial charge in [0.25, 0.3) is 5.91 Å². The van der Waals surface area contributed by atoms with E-state index in [0.717, 1.165) is 11.3 Å². The zero-order valence-corrected chi connectivity index (χ0v) is 21.9. The van der Waals surface area contributed by atoms with E-state index in [1.54, 1.807) is 36.1 Å². The molecule has 14 heteroatoms. The van der Waals surface area contributed by atoms with Crippen LogP contribution in [0, 0.1) is 18.3 Å². The lowest BCUT2D eigenvalue weighted by atomic mass is 10.1. The van der Waals surface area contributed by atoms with Gasteiger partial charge < -0.3 is 14.4 Å². The molecule has 1 amide bonds. The first kappa shape index (κ1) is 28.9. The number of nitriles is 1. The normalized spacial score (nSPS) is 11.6. The van der Waals surface area contributed by atoms with Gasteiger partial charge >= 0.3 is 6.36 Å². The predicted octanol–water partition coefficient (Wildman–Crippen LogP) is 4.66. The zero-order chi connectivity index (χ0) is 27.9. The number of carbonyl (C=O) groups excluding carboxylic acids is 1. The largest absolute Gasteiger partial charge is 0.573 e. The molecule has 0 saturated carbocycles. The molecule has 2 aromatic carbocycles. The number of rotatable bonds is 11. The van der Waals surface area contributed by atoms with Crippen LogP contribution >= 0.6 is 11.3 Å². The molecule has 0 atom stereocenters. The summed E-state index contributed by atoms with van der Waals surface area (Å²) in [7, 11) is -2.47. The Bertz CT molecular complexity index is 1400. The van der Waals surface area contributed by atoms with E-state index in [0.29, 0.717) is 26.8 Å². The number of methoxy groups -OCH3 is 1. The lowest BCUT2D eigenvalue weighted by molar-refractivity contribution is -0.274. The molecule has 38 heavy (non-hydrogen) atoms. The number of halogens is 3. The molecule has 0 fully saturated rings. The molecule has 202 valence electrons. The maximum absolute atomic E-state index is 12.7. The predicted molar refractivity (Wildman–Crippen MR) is 135 cm³/mol. The third kappa shape index (κ3) is 8.17. The highest BCUT2D eigenvalue weighted by Crippen LogP contribution is 2.34. The van der Waals surface area contributed by atoms with E-state index in [9.17, 15) is 26.4 Å². The Hall–Kier alpha value is -3.67. The number of nitrogens with one attached hydrogen (secondary N) is 1. The molecule has 0 aliphatic carbocycles. The van der Waals surface area contributed by atoms with Crippen LogP contribution in [0.4, 0.5) is 24.0 Å². The summed E-state index contributed by atoms with van der Waals surface area (Å²) in [6.45, 7) is 1.98. The second-order valence-electron chi connectivity index (χ2n) is 7.93. The smallest absolute Gasteiger partial charge is 0.406 e. The first-order valence-electron chi connectivity index (χ1n) is 11.0. The van der Waals surface area contributed by atoms with Gasteiger partial charge in [0, 0.05) is 24.3 Å². The van der Waals surface area contributed by atoms with Crippen molar-refractivity contribution in [2.45, 2.75) is 26.3 Å². The Labute approximate surface area is 221 Å². The summed E-state index contributed by atoms with van der Waals surface area (Å²) in [5, 5.41) is 9.46. The van der Waals surface area contributed by atoms with Crippen LogP contribution in [-0.4, -0.2) is 45.1 Å². The number of hydrogen-bond donors (Lipinski definition) is 1. The number of aromatic nitrogens is 1. The van der Waals surface area contributed by atoms with Crippen molar-refractivity contribution in [3.8, 4) is 11.8 Å². The average Bonchev–Trinajstić information content (AvgIpc) is 3.24.